The summed E-state index contributed by atoms with van der Waals surface area (Å²) >= 11 is 0. The second-order valence-electron chi connectivity index (χ2n) is 4.44. The molecule has 1 aliphatic heterocycles. The fourth-order valence-corrected chi connectivity index (χ4v) is 1.98. The minimum absolute atomic E-state index is 0.0268. The Labute approximate surface area is 106 Å². The van der Waals surface area contributed by atoms with Crippen molar-refractivity contribution >= 4 is 11.8 Å². The molecular weight excluding hydrogens is 230 g/mol. The average Bonchev–Trinajstić information content (AvgIpc) is 2.40. The summed E-state index contributed by atoms with van der Waals surface area (Å²) in [6.07, 6.45) is 5.39. The third-order valence-corrected chi connectivity index (χ3v) is 3.07. The maximum Gasteiger partial charge on any atom is 0.224 e. The Kier molecular flexibility index (Phi) is 4.28. The topological polar surface area (TPSA) is 71.1 Å². The molecule has 5 heteroatoms. The average molecular weight is 247 g/mol. The minimum Gasteiger partial charge on any atom is -0.355 e. The first-order valence-corrected chi connectivity index (χ1v) is 6.19. The van der Waals surface area contributed by atoms with Crippen molar-refractivity contribution in [2.45, 2.75) is 19.3 Å². The molecule has 0 saturated carbocycles. The normalized spacial score (nSPS) is 19.1. The summed E-state index contributed by atoms with van der Waals surface area (Å²) in [4.78, 5) is 26.8. The van der Waals surface area contributed by atoms with Crippen molar-refractivity contribution in [3.63, 3.8) is 0 Å². The molecule has 0 radical (unpaired) electrons. The SMILES string of the molecule is O=C1CCC(C(=O)NCCc2cccnc2)CN1. The maximum atomic E-state index is 11.8. The highest BCUT2D eigenvalue weighted by atomic mass is 16.2. The van der Waals surface area contributed by atoms with Crippen LogP contribution in [0.2, 0.25) is 0 Å². The van der Waals surface area contributed by atoms with Gasteiger partial charge >= 0.3 is 0 Å². The summed E-state index contributed by atoms with van der Waals surface area (Å²) < 4.78 is 0. The minimum atomic E-state index is -0.0865. The Morgan fingerprint density at radius 2 is 2.44 bits per heavy atom. The van der Waals surface area contributed by atoms with E-state index in [1.807, 2.05) is 12.1 Å². The van der Waals surface area contributed by atoms with Gasteiger partial charge in [-0.25, -0.2) is 0 Å². The van der Waals surface area contributed by atoms with Crippen LogP contribution in [0.4, 0.5) is 0 Å². The van der Waals surface area contributed by atoms with Crippen molar-refractivity contribution in [2.24, 2.45) is 5.92 Å². The summed E-state index contributed by atoms with van der Waals surface area (Å²) in [7, 11) is 0. The highest BCUT2D eigenvalue weighted by molar-refractivity contribution is 5.83. The van der Waals surface area contributed by atoms with Gasteiger partial charge in [0.15, 0.2) is 0 Å². The zero-order valence-corrected chi connectivity index (χ0v) is 10.2. The first-order chi connectivity index (χ1) is 8.75. The molecule has 96 valence electrons. The van der Waals surface area contributed by atoms with E-state index in [4.69, 9.17) is 0 Å². The molecule has 1 aromatic heterocycles. The van der Waals surface area contributed by atoms with E-state index in [-0.39, 0.29) is 17.7 Å². The van der Waals surface area contributed by atoms with E-state index in [1.54, 1.807) is 12.4 Å². The predicted octanol–water partition coefficient (Wildman–Crippen LogP) is 0.267. The molecule has 1 atom stereocenters. The van der Waals surface area contributed by atoms with Crippen LogP contribution in [0.25, 0.3) is 0 Å². The van der Waals surface area contributed by atoms with Gasteiger partial charge in [0.1, 0.15) is 0 Å². The molecular formula is C13H17N3O2. The van der Waals surface area contributed by atoms with E-state index in [1.165, 1.54) is 0 Å². The van der Waals surface area contributed by atoms with Crippen LogP contribution >= 0.6 is 0 Å². The summed E-state index contributed by atoms with van der Waals surface area (Å²) in [6, 6.07) is 3.87. The molecule has 18 heavy (non-hydrogen) atoms. The third kappa shape index (κ3) is 3.55. The highest BCUT2D eigenvalue weighted by Crippen LogP contribution is 2.10. The van der Waals surface area contributed by atoms with Gasteiger partial charge in [0.05, 0.1) is 5.92 Å². The molecule has 2 heterocycles. The highest BCUT2D eigenvalue weighted by Gasteiger charge is 2.23. The number of hydrogen-bond acceptors (Lipinski definition) is 3. The van der Waals surface area contributed by atoms with Gasteiger partial charge in [0, 0.05) is 31.9 Å². The Hall–Kier alpha value is -1.91. The van der Waals surface area contributed by atoms with Crippen LogP contribution in [0.15, 0.2) is 24.5 Å². The lowest BCUT2D eigenvalue weighted by Gasteiger charge is -2.21. The van der Waals surface area contributed by atoms with E-state index in [0.717, 1.165) is 12.0 Å². The fourth-order valence-electron chi connectivity index (χ4n) is 1.98. The van der Waals surface area contributed by atoms with Crippen LogP contribution in [0.1, 0.15) is 18.4 Å². The number of carbonyl (C=O) groups is 2. The Morgan fingerprint density at radius 1 is 1.56 bits per heavy atom. The van der Waals surface area contributed by atoms with Crippen LogP contribution in [-0.4, -0.2) is 29.9 Å². The number of rotatable bonds is 4. The van der Waals surface area contributed by atoms with Gasteiger partial charge < -0.3 is 10.6 Å². The Balaban J connectivity index is 1.70. The van der Waals surface area contributed by atoms with Gasteiger partial charge in [-0.05, 0) is 24.5 Å². The second-order valence-corrected chi connectivity index (χ2v) is 4.44. The molecule has 0 bridgehead atoms. The van der Waals surface area contributed by atoms with Crippen molar-refractivity contribution in [3.05, 3.63) is 30.1 Å². The first kappa shape index (κ1) is 12.5. The van der Waals surface area contributed by atoms with Crippen LogP contribution in [0.5, 0.6) is 0 Å². The smallest absolute Gasteiger partial charge is 0.224 e. The summed E-state index contributed by atoms with van der Waals surface area (Å²) in [6.45, 7) is 1.06. The summed E-state index contributed by atoms with van der Waals surface area (Å²) in [5.74, 6) is -0.0232. The van der Waals surface area contributed by atoms with Crippen molar-refractivity contribution in [3.8, 4) is 0 Å². The van der Waals surface area contributed by atoms with Gasteiger partial charge in [-0.3, -0.25) is 14.6 Å². The van der Waals surface area contributed by atoms with E-state index in [9.17, 15) is 9.59 Å². The lowest BCUT2D eigenvalue weighted by atomic mass is 9.98. The van der Waals surface area contributed by atoms with Crippen LogP contribution < -0.4 is 10.6 Å². The largest absolute Gasteiger partial charge is 0.355 e. The zero-order chi connectivity index (χ0) is 12.8. The van der Waals surface area contributed by atoms with E-state index < -0.39 is 0 Å². The van der Waals surface area contributed by atoms with Crippen LogP contribution in [-0.2, 0) is 16.0 Å². The van der Waals surface area contributed by atoms with Gasteiger partial charge in [-0.15, -0.1) is 0 Å². The molecule has 1 fully saturated rings. The number of pyridine rings is 1. The number of hydrogen-bond donors (Lipinski definition) is 2. The van der Waals surface area contributed by atoms with Gasteiger partial charge in [-0.2, -0.15) is 0 Å². The van der Waals surface area contributed by atoms with Crippen molar-refractivity contribution < 1.29 is 9.59 Å². The quantitative estimate of drug-likeness (QED) is 0.802. The predicted molar refractivity (Wildman–Crippen MR) is 66.7 cm³/mol. The first-order valence-electron chi connectivity index (χ1n) is 6.19. The third-order valence-electron chi connectivity index (χ3n) is 3.07. The number of amides is 2. The lowest BCUT2D eigenvalue weighted by molar-refractivity contribution is -0.128. The molecule has 2 N–H and O–H groups in total. The molecule has 1 unspecified atom stereocenters. The fraction of sp³-hybridized carbons (Fsp3) is 0.462. The van der Waals surface area contributed by atoms with Crippen LogP contribution in [0, 0.1) is 5.92 Å². The Morgan fingerprint density at radius 3 is 3.11 bits per heavy atom. The molecule has 0 spiro atoms. The van der Waals surface area contributed by atoms with Gasteiger partial charge in [0.25, 0.3) is 0 Å². The van der Waals surface area contributed by atoms with E-state index >= 15 is 0 Å². The second kappa shape index (κ2) is 6.14. The zero-order valence-electron chi connectivity index (χ0n) is 10.2. The Bertz CT molecular complexity index is 410. The molecule has 1 aliphatic rings. The molecule has 5 nitrogen and oxygen atoms in total. The van der Waals surface area contributed by atoms with Crippen molar-refractivity contribution in [2.75, 3.05) is 13.1 Å². The van der Waals surface area contributed by atoms with E-state index in [0.29, 0.717) is 25.9 Å². The molecule has 0 aromatic carbocycles. The van der Waals surface area contributed by atoms with Crippen molar-refractivity contribution in [1.29, 1.82) is 0 Å². The molecule has 0 aliphatic carbocycles. The lowest BCUT2D eigenvalue weighted by Crippen LogP contribution is -2.43. The number of carbonyl (C=O) groups excluding carboxylic acids is 2. The molecule has 2 amide bonds. The maximum absolute atomic E-state index is 11.8. The standard InChI is InChI=1S/C13H17N3O2/c17-12-4-3-11(9-16-12)13(18)15-7-5-10-2-1-6-14-8-10/h1-2,6,8,11H,3-5,7,9H2,(H,15,18)(H,16,17). The number of piperidine rings is 1. The summed E-state index contributed by atoms with van der Waals surface area (Å²) in [5, 5.41) is 5.61. The van der Waals surface area contributed by atoms with E-state index in [2.05, 4.69) is 15.6 Å². The number of nitrogens with zero attached hydrogens (tertiary/aromatic N) is 1. The number of nitrogens with one attached hydrogen (secondary N) is 2. The molecule has 1 aromatic rings. The molecule has 2 rings (SSSR count). The summed E-state index contributed by atoms with van der Waals surface area (Å²) in [5.41, 5.74) is 1.11. The molecule has 1 saturated heterocycles. The van der Waals surface area contributed by atoms with Crippen molar-refractivity contribution in [1.82, 2.24) is 15.6 Å². The van der Waals surface area contributed by atoms with Gasteiger partial charge in [0.2, 0.25) is 11.8 Å². The monoisotopic (exact) mass is 247 g/mol. The van der Waals surface area contributed by atoms with Gasteiger partial charge in [-0.1, -0.05) is 6.07 Å². The number of aromatic nitrogens is 1. The van der Waals surface area contributed by atoms with Crippen LogP contribution in [0.3, 0.4) is 0 Å².